The number of allylic oxidation sites excluding steroid dienone is 8. The lowest BCUT2D eigenvalue weighted by molar-refractivity contribution is -0.298. The van der Waals surface area contributed by atoms with Crippen LogP contribution in [0.25, 0.3) is 0 Å². The zero-order valence-corrected chi connectivity index (χ0v) is 41.0. The molecule has 0 saturated carbocycles. The molecule has 0 spiro atoms. The Bertz CT molecular complexity index is 1260. The van der Waals surface area contributed by atoms with Crippen molar-refractivity contribution in [2.75, 3.05) is 13.2 Å². The number of esters is 2. The molecule has 11 nitrogen and oxygen atoms in total. The molecular weight excluding hydrogens is 825 g/mol. The van der Waals surface area contributed by atoms with Gasteiger partial charge in [-0.3, -0.25) is 9.59 Å². The highest BCUT2D eigenvalue weighted by molar-refractivity contribution is 5.73. The maximum absolute atomic E-state index is 12.8. The minimum absolute atomic E-state index is 0.184. The number of aliphatic hydroxyl groups is 3. The average molecular weight is 919 g/mol. The topological polar surface area (TPSA) is 169 Å². The first kappa shape index (κ1) is 60.2. The van der Waals surface area contributed by atoms with Crippen molar-refractivity contribution in [1.29, 1.82) is 0 Å². The summed E-state index contributed by atoms with van der Waals surface area (Å²) in [6.45, 7) is 3.73. The minimum Gasteiger partial charge on any atom is -0.479 e. The highest BCUT2D eigenvalue weighted by atomic mass is 16.7. The van der Waals surface area contributed by atoms with Crippen LogP contribution in [0.4, 0.5) is 0 Å². The molecule has 376 valence electrons. The van der Waals surface area contributed by atoms with Crippen LogP contribution in [-0.2, 0) is 33.3 Å². The maximum atomic E-state index is 12.8. The molecule has 0 aromatic rings. The molecule has 0 aromatic carbocycles. The normalized spacial score (nSPS) is 19.6. The number of carbonyl (C=O) groups excluding carboxylic acids is 2. The van der Waals surface area contributed by atoms with Gasteiger partial charge in [-0.2, -0.15) is 0 Å². The fraction of sp³-hybridized carbons (Fsp3) is 0.796. The smallest absolute Gasteiger partial charge is 0.335 e. The van der Waals surface area contributed by atoms with E-state index in [1.165, 1.54) is 116 Å². The first-order valence-corrected chi connectivity index (χ1v) is 26.2. The molecule has 1 aliphatic heterocycles. The first-order valence-electron chi connectivity index (χ1n) is 26.2. The van der Waals surface area contributed by atoms with E-state index in [2.05, 4.69) is 62.5 Å². The molecule has 1 saturated heterocycles. The Balaban J connectivity index is 2.29. The van der Waals surface area contributed by atoms with E-state index in [1.54, 1.807) is 0 Å². The number of aliphatic hydroxyl groups excluding tert-OH is 3. The van der Waals surface area contributed by atoms with Gasteiger partial charge in [0.25, 0.3) is 0 Å². The molecule has 65 heavy (non-hydrogen) atoms. The van der Waals surface area contributed by atoms with E-state index >= 15 is 0 Å². The molecule has 0 amide bonds. The van der Waals surface area contributed by atoms with Gasteiger partial charge in [-0.1, -0.05) is 210 Å². The van der Waals surface area contributed by atoms with Gasteiger partial charge >= 0.3 is 17.9 Å². The Morgan fingerprint density at radius 1 is 0.492 bits per heavy atom. The van der Waals surface area contributed by atoms with E-state index < -0.39 is 61.3 Å². The van der Waals surface area contributed by atoms with Gasteiger partial charge in [-0.05, 0) is 51.4 Å². The third-order valence-corrected chi connectivity index (χ3v) is 11.9. The van der Waals surface area contributed by atoms with Crippen LogP contribution in [0.15, 0.2) is 48.6 Å². The van der Waals surface area contributed by atoms with Crippen molar-refractivity contribution in [3.05, 3.63) is 48.6 Å². The predicted octanol–water partition coefficient (Wildman–Crippen LogP) is 12.5. The number of unbranched alkanes of at least 4 members (excludes halogenated alkanes) is 25. The van der Waals surface area contributed by atoms with E-state index in [0.717, 1.165) is 70.6 Å². The Morgan fingerprint density at radius 3 is 1.37 bits per heavy atom. The molecule has 11 heteroatoms. The summed E-state index contributed by atoms with van der Waals surface area (Å²) in [4.78, 5) is 37.0. The second-order valence-corrected chi connectivity index (χ2v) is 18.0. The van der Waals surface area contributed by atoms with Crippen LogP contribution in [0.3, 0.4) is 0 Å². The summed E-state index contributed by atoms with van der Waals surface area (Å²) >= 11 is 0. The Morgan fingerprint density at radius 2 is 0.908 bits per heavy atom. The minimum atomic E-state index is -1.86. The fourth-order valence-corrected chi connectivity index (χ4v) is 7.87. The van der Waals surface area contributed by atoms with Crippen molar-refractivity contribution >= 4 is 17.9 Å². The third kappa shape index (κ3) is 35.0. The van der Waals surface area contributed by atoms with Crippen molar-refractivity contribution < 1.29 is 53.8 Å². The van der Waals surface area contributed by atoms with Crippen molar-refractivity contribution in [1.82, 2.24) is 0 Å². The van der Waals surface area contributed by atoms with Gasteiger partial charge in [0.1, 0.15) is 24.9 Å². The third-order valence-electron chi connectivity index (χ3n) is 11.9. The maximum Gasteiger partial charge on any atom is 0.335 e. The number of carboxylic acid groups (broad SMARTS) is 1. The van der Waals surface area contributed by atoms with Gasteiger partial charge in [-0.15, -0.1) is 0 Å². The van der Waals surface area contributed by atoms with Crippen LogP contribution in [0, 0.1) is 0 Å². The molecule has 1 aliphatic rings. The first-order chi connectivity index (χ1) is 31.7. The highest BCUT2D eigenvalue weighted by Gasteiger charge is 2.47. The number of carbonyl (C=O) groups is 3. The van der Waals surface area contributed by atoms with Crippen molar-refractivity contribution in [3.8, 4) is 0 Å². The lowest BCUT2D eigenvalue weighted by Crippen LogP contribution is -2.60. The van der Waals surface area contributed by atoms with E-state index in [-0.39, 0.29) is 19.4 Å². The summed E-state index contributed by atoms with van der Waals surface area (Å²) in [7, 11) is 0. The van der Waals surface area contributed by atoms with Crippen molar-refractivity contribution in [2.45, 2.75) is 263 Å². The summed E-state index contributed by atoms with van der Waals surface area (Å²) in [6.07, 6.45) is 44.4. The zero-order valence-electron chi connectivity index (χ0n) is 41.0. The number of rotatable bonds is 44. The molecule has 0 aliphatic carbocycles. The van der Waals surface area contributed by atoms with E-state index in [4.69, 9.17) is 18.9 Å². The van der Waals surface area contributed by atoms with Gasteiger partial charge in [0.2, 0.25) is 0 Å². The summed E-state index contributed by atoms with van der Waals surface area (Å²) < 4.78 is 21.8. The number of hydrogen-bond donors (Lipinski definition) is 4. The number of ether oxygens (including phenoxy) is 4. The van der Waals surface area contributed by atoms with Crippen molar-refractivity contribution in [3.63, 3.8) is 0 Å². The molecule has 6 atom stereocenters. The number of carboxylic acids is 1. The molecule has 0 radical (unpaired) electrons. The van der Waals surface area contributed by atoms with Crippen molar-refractivity contribution in [2.24, 2.45) is 0 Å². The zero-order chi connectivity index (χ0) is 47.4. The summed E-state index contributed by atoms with van der Waals surface area (Å²) in [6, 6.07) is 0. The summed E-state index contributed by atoms with van der Waals surface area (Å²) in [5.74, 6) is -2.44. The second kappa shape index (κ2) is 43.7. The van der Waals surface area contributed by atoms with E-state index in [1.807, 2.05) is 0 Å². The van der Waals surface area contributed by atoms with E-state index in [0.29, 0.717) is 12.8 Å². The Labute approximate surface area is 394 Å². The van der Waals surface area contributed by atoms with E-state index in [9.17, 15) is 34.8 Å². The van der Waals surface area contributed by atoms with Crippen LogP contribution in [0.2, 0.25) is 0 Å². The van der Waals surface area contributed by atoms with Gasteiger partial charge in [0, 0.05) is 12.8 Å². The molecule has 0 aromatic heterocycles. The fourth-order valence-electron chi connectivity index (χ4n) is 7.87. The van der Waals surface area contributed by atoms with Gasteiger partial charge in [0.05, 0.1) is 6.61 Å². The largest absolute Gasteiger partial charge is 0.479 e. The van der Waals surface area contributed by atoms with Crippen LogP contribution >= 0.6 is 0 Å². The SMILES string of the molecule is CC/C=C\C/C=C\C/C=C\C/C=C\CCCCCCCCCCC(=O)OCC(COC1OC(C(=O)O)C(O)C(O)C1O)OC(=O)CCCCCCCCCCCCCCCCCCCC. The lowest BCUT2D eigenvalue weighted by Gasteiger charge is -2.38. The van der Waals surface area contributed by atoms with Gasteiger partial charge in [-0.25, -0.2) is 4.79 Å². The molecule has 1 heterocycles. The van der Waals surface area contributed by atoms with Crippen LogP contribution < -0.4 is 0 Å². The highest BCUT2D eigenvalue weighted by Crippen LogP contribution is 2.23. The number of aliphatic carboxylic acids is 1. The average Bonchev–Trinajstić information content (AvgIpc) is 3.29. The monoisotopic (exact) mass is 919 g/mol. The Kier molecular flexibility index (Phi) is 40.5. The Hall–Kier alpha value is -2.83. The molecule has 6 unspecified atom stereocenters. The van der Waals surface area contributed by atoms with Crippen LogP contribution in [0.1, 0.15) is 226 Å². The summed E-state index contributed by atoms with van der Waals surface area (Å²) in [5.41, 5.74) is 0. The number of hydrogen-bond acceptors (Lipinski definition) is 10. The molecule has 1 rings (SSSR count). The second-order valence-electron chi connectivity index (χ2n) is 18.0. The van der Waals surface area contributed by atoms with Gasteiger partial charge in [0.15, 0.2) is 18.5 Å². The molecular formula is C54H94O11. The lowest BCUT2D eigenvalue weighted by atomic mass is 9.99. The quantitative estimate of drug-likeness (QED) is 0.0261. The molecule has 4 N–H and O–H groups in total. The summed E-state index contributed by atoms with van der Waals surface area (Å²) in [5, 5.41) is 40.0. The molecule has 1 fully saturated rings. The predicted molar refractivity (Wildman–Crippen MR) is 261 cm³/mol. The standard InChI is InChI=1S/C54H94O11/c1-3-5-7-9-11-13-15-17-19-21-23-24-25-27-28-30-32-34-36-38-40-42-47(55)62-44-46(45-63-54-51(59)49(57)50(58)52(65-54)53(60)61)64-48(56)43-41-39-37-35-33-31-29-26-22-20-18-16-14-12-10-8-6-4-2/h5,7,11,13,17,19,23-24,46,49-52,54,57-59H,3-4,6,8-10,12,14-16,18,20-22,25-45H2,1-2H3,(H,60,61)/b7-5-,13-11-,19-17-,24-23-. The molecule has 0 bridgehead atoms. The van der Waals surface area contributed by atoms with Gasteiger partial charge < -0.3 is 39.4 Å². The van der Waals surface area contributed by atoms with Crippen LogP contribution in [-0.4, -0.2) is 88.4 Å². The van der Waals surface area contributed by atoms with Crippen LogP contribution in [0.5, 0.6) is 0 Å².